The molecule has 0 saturated carbocycles. The molecule has 4 rings (SSSR count). The van der Waals surface area contributed by atoms with Gasteiger partial charge in [0.25, 0.3) is 0 Å². The number of benzene rings is 2. The monoisotopic (exact) mass is 456 g/mol. The first-order valence-corrected chi connectivity index (χ1v) is 13.3. The third kappa shape index (κ3) is 4.97. The first-order valence-electron chi connectivity index (χ1n) is 10.5. The van der Waals surface area contributed by atoms with Crippen molar-refractivity contribution < 1.29 is 8.42 Å². The molecule has 3 aromatic rings. The van der Waals surface area contributed by atoms with Gasteiger partial charge >= 0.3 is 0 Å². The van der Waals surface area contributed by atoms with Gasteiger partial charge in [-0.25, -0.2) is 13.4 Å². The molecule has 0 spiro atoms. The Bertz CT molecular complexity index is 1180. The summed E-state index contributed by atoms with van der Waals surface area (Å²) in [7, 11) is -3.30. The minimum atomic E-state index is -3.30. The minimum Gasteiger partial charge on any atom is -0.384 e. The quantitative estimate of drug-likeness (QED) is 0.527. The van der Waals surface area contributed by atoms with Crippen molar-refractivity contribution in [3.05, 3.63) is 59.7 Å². The summed E-state index contributed by atoms with van der Waals surface area (Å²) in [5.74, 6) is 2.79. The molecule has 164 valence electrons. The maximum absolute atomic E-state index is 12.7. The Hall–Kier alpha value is -2.29. The van der Waals surface area contributed by atoms with E-state index >= 15 is 0 Å². The van der Waals surface area contributed by atoms with Gasteiger partial charge in [0.1, 0.15) is 5.82 Å². The fourth-order valence-electron chi connectivity index (χ4n) is 3.84. The van der Waals surface area contributed by atoms with Crippen LogP contribution in [0.3, 0.4) is 0 Å². The van der Waals surface area contributed by atoms with Crippen LogP contribution in [0.25, 0.3) is 10.9 Å². The topological polar surface area (TPSA) is 88.3 Å². The highest BCUT2D eigenvalue weighted by Gasteiger charge is 2.26. The first-order chi connectivity index (χ1) is 15.0. The summed E-state index contributed by atoms with van der Waals surface area (Å²) < 4.78 is 25.5. The van der Waals surface area contributed by atoms with Crippen LogP contribution in [-0.2, 0) is 16.4 Å². The normalized spacial score (nSPS) is 15.5. The van der Waals surface area contributed by atoms with Crippen LogP contribution < -0.4 is 16.0 Å². The highest BCUT2D eigenvalue weighted by atomic mass is 32.2. The largest absolute Gasteiger partial charge is 0.384 e. The van der Waals surface area contributed by atoms with E-state index in [2.05, 4.69) is 35.3 Å². The van der Waals surface area contributed by atoms with Crippen LogP contribution in [0.15, 0.2) is 53.4 Å². The van der Waals surface area contributed by atoms with Gasteiger partial charge in [-0.05, 0) is 30.7 Å². The van der Waals surface area contributed by atoms with E-state index in [1.807, 2.05) is 30.0 Å². The molecular formula is C23H28N4O2S2. The van der Waals surface area contributed by atoms with Crippen molar-refractivity contribution in [2.24, 2.45) is 5.73 Å². The lowest BCUT2D eigenvalue weighted by Gasteiger charge is -2.23. The number of nitrogens with zero attached hydrogens (tertiary/aromatic N) is 2. The Morgan fingerprint density at radius 3 is 2.84 bits per heavy atom. The fraction of sp³-hybridized carbons (Fsp3) is 0.348. The van der Waals surface area contributed by atoms with Crippen molar-refractivity contribution in [1.82, 2.24) is 4.98 Å². The van der Waals surface area contributed by atoms with Crippen molar-refractivity contribution in [2.45, 2.75) is 18.4 Å². The molecule has 31 heavy (non-hydrogen) atoms. The van der Waals surface area contributed by atoms with Gasteiger partial charge in [0.05, 0.1) is 16.2 Å². The molecule has 3 N–H and O–H groups in total. The average Bonchev–Trinajstić information content (AvgIpc) is 2.90. The molecule has 1 aliphatic heterocycles. The molecule has 2 aromatic carbocycles. The SMILES string of the molecule is Cc1ccc2nc(N3CCS(=O)(=O)c4ccccc4C3)cc(NCCSCCN)c2c1. The summed E-state index contributed by atoms with van der Waals surface area (Å²) in [6.07, 6.45) is 0. The number of hydrogen-bond donors (Lipinski definition) is 2. The molecule has 0 bridgehead atoms. The highest BCUT2D eigenvalue weighted by Crippen LogP contribution is 2.31. The molecular weight excluding hydrogens is 428 g/mol. The summed E-state index contributed by atoms with van der Waals surface area (Å²) in [5.41, 5.74) is 9.51. The third-order valence-corrected chi connectivity index (χ3v) is 8.20. The number of aryl methyl sites for hydroxylation is 1. The van der Waals surface area contributed by atoms with Crippen LogP contribution in [0.1, 0.15) is 11.1 Å². The maximum Gasteiger partial charge on any atom is 0.180 e. The van der Waals surface area contributed by atoms with Crippen LogP contribution in [0, 0.1) is 6.92 Å². The molecule has 0 atom stereocenters. The van der Waals surface area contributed by atoms with Gasteiger partial charge in [-0.3, -0.25) is 0 Å². The predicted molar refractivity (Wildman–Crippen MR) is 131 cm³/mol. The van der Waals surface area contributed by atoms with Gasteiger partial charge in [0.2, 0.25) is 0 Å². The molecule has 0 aliphatic carbocycles. The fourth-order valence-corrected chi connectivity index (χ4v) is 5.95. The molecule has 2 heterocycles. The van der Waals surface area contributed by atoms with Crippen molar-refractivity contribution in [3.8, 4) is 0 Å². The van der Waals surface area contributed by atoms with Crippen molar-refractivity contribution in [2.75, 3.05) is 47.1 Å². The van der Waals surface area contributed by atoms with Gasteiger partial charge in [0, 0.05) is 54.8 Å². The van der Waals surface area contributed by atoms with Crippen molar-refractivity contribution >= 4 is 44.0 Å². The van der Waals surface area contributed by atoms with Gasteiger partial charge in [-0.1, -0.05) is 29.8 Å². The zero-order valence-corrected chi connectivity index (χ0v) is 19.3. The van der Waals surface area contributed by atoms with E-state index in [4.69, 9.17) is 10.7 Å². The van der Waals surface area contributed by atoms with E-state index in [1.54, 1.807) is 12.1 Å². The van der Waals surface area contributed by atoms with E-state index in [1.165, 1.54) is 5.56 Å². The molecule has 1 aliphatic rings. The van der Waals surface area contributed by atoms with Crippen LogP contribution in [0.4, 0.5) is 11.5 Å². The summed E-state index contributed by atoms with van der Waals surface area (Å²) >= 11 is 1.83. The number of thioether (sulfide) groups is 1. The van der Waals surface area contributed by atoms with Crippen LogP contribution in [0.2, 0.25) is 0 Å². The zero-order valence-electron chi connectivity index (χ0n) is 17.7. The van der Waals surface area contributed by atoms with Gasteiger partial charge < -0.3 is 16.0 Å². The first kappa shape index (κ1) is 21.9. The Balaban J connectivity index is 1.68. The molecule has 0 saturated heterocycles. The average molecular weight is 457 g/mol. The van der Waals surface area contributed by atoms with Gasteiger partial charge in [-0.15, -0.1) is 0 Å². The molecule has 0 fully saturated rings. The second kappa shape index (κ2) is 9.46. The summed E-state index contributed by atoms with van der Waals surface area (Å²) in [6.45, 7) is 4.52. The standard InChI is InChI=1S/C23H28N4O2S2/c1-17-6-7-20-19(14-17)21(25-9-12-30-11-8-24)15-23(26-20)27-10-13-31(28,29)22-5-3-2-4-18(22)16-27/h2-7,14-15H,8-13,16,24H2,1H3,(H,25,26). The lowest BCUT2D eigenvalue weighted by atomic mass is 10.1. The van der Waals surface area contributed by atoms with E-state index in [-0.39, 0.29) is 5.75 Å². The number of nitrogens with two attached hydrogens (primary N) is 1. The summed E-state index contributed by atoms with van der Waals surface area (Å²) in [6, 6.07) is 15.6. The Labute approximate surface area is 188 Å². The predicted octanol–water partition coefficient (Wildman–Crippen LogP) is 3.44. The minimum absolute atomic E-state index is 0.0795. The molecule has 6 nitrogen and oxygen atoms in total. The molecule has 1 aromatic heterocycles. The van der Waals surface area contributed by atoms with E-state index in [0.29, 0.717) is 24.5 Å². The van der Waals surface area contributed by atoms with E-state index in [9.17, 15) is 8.42 Å². The smallest absolute Gasteiger partial charge is 0.180 e. The van der Waals surface area contributed by atoms with Gasteiger partial charge in [0.15, 0.2) is 9.84 Å². The van der Waals surface area contributed by atoms with Crippen LogP contribution in [-0.4, -0.2) is 50.3 Å². The number of sulfone groups is 1. The number of rotatable bonds is 7. The maximum atomic E-state index is 12.7. The van der Waals surface area contributed by atoms with Crippen LogP contribution in [0.5, 0.6) is 0 Å². The molecule has 0 amide bonds. The second-order valence-corrected chi connectivity index (χ2v) is 11.0. The lowest BCUT2D eigenvalue weighted by molar-refractivity contribution is 0.596. The third-order valence-electron chi connectivity index (χ3n) is 5.40. The number of hydrogen-bond acceptors (Lipinski definition) is 7. The summed E-state index contributed by atoms with van der Waals surface area (Å²) in [5, 5.41) is 4.64. The number of anilines is 2. The summed E-state index contributed by atoms with van der Waals surface area (Å²) in [4.78, 5) is 7.39. The zero-order chi connectivity index (χ0) is 21.8. The number of aromatic nitrogens is 1. The van der Waals surface area contributed by atoms with Crippen molar-refractivity contribution in [1.29, 1.82) is 0 Å². The van der Waals surface area contributed by atoms with Crippen LogP contribution >= 0.6 is 11.8 Å². The lowest BCUT2D eigenvalue weighted by Crippen LogP contribution is -2.26. The number of fused-ring (bicyclic) bond motifs is 2. The Morgan fingerprint density at radius 2 is 2.00 bits per heavy atom. The highest BCUT2D eigenvalue weighted by molar-refractivity contribution is 7.99. The number of pyridine rings is 1. The van der Waals surface area contributed by atoms with Crippen molar-refractivity contribution in [3.63, 3.8) is 0 Å². The Kier molecular flexibility index (Phi) is 6.69. The molecule has 0 unspecified atom stereocenters. The molecule has 0 radical (unpaired) electrons. The Morgan fingerprint density at radius 1 is 1.16 bits per heavy atom. The number of nitrogens with one attached hydrogen (secondary N) is 1. The van der Waals surface area contributed by atoms with E-state index in [0.717, 1.165) is 46.0 Å². The second-order valence-electron chi connectivity index (χ2n) is 7.72. The molecule has 8 heteroatoms. The van der Waals surface area contributed by atoms with Gasteiger partial charge in [-0.2, -0.15) is 11.8 Å². The van der Waals surface area contributed by atoms with E-state index < -0.39 is 9.84 Å².